The minimum Gasteiger partial charge on any atom is -0.345 e. The van der Waals surface area contributed by atoms with Crippen LogP contribution in [0, 0.1) is 13.8 Å². The molecule has 0 bridgehead atoms. The second-order valence-corrected chi connectivity index (χ2v) is 7.27. The standard InChI is InChI=1S/C17H21N7OS/c1-10-15(11(2)22(3)20-10)13-7-14(23(4)21-13)16(25)19-8-12-9-26-17-18-5-6-24(12)17/h7,9H,5-6,8H2,1-4H3,(H,19,25). The molecule has 1 N–H and O–H groups in total. The lowest BCUT2D eigenvalue weighted by Crippen LogP contribution is -2.32. The average Bonchev–Trinajstić information content (AvgIpc) is 3.32. The summed E-state index contributed by atoms with van der Waals surface area (Å²) in [7, 11) is 3.70. The lowest BCUT2D eigenvalue weighted by molar-refractivity contribution is 0.0946. The van der Waals surface area contributed by atoms with Crippen molar-refractivity contribution in [3.63, 3.8) is 0 Å². The van der Waals surface area contributed by atoms with Crippen LogP contribution in [0.25, 0.3) is 11.3 Å². The Morgan fingerprint density at radius 2 is 2.08 bits per heavy atom. The first kappa shape index (κ1) is 16.9. The molecule has 2 aromatic rings. The van der Waals surface area contributed by atoms with Gasteiger partial charge in [0.05, 0.1) is 24.5 Å². The number of carbonyl (C=O) groups excluding carboxylic acids is 1. The third-order valence-electron chi connectivity index (χ3n) is 4.76. The predicted octanol–water partition coefficient (Wildman–Crippen LogP) is 1.43. The number of aromatic nitrogens is 4. The van der Waals surface area contributed by atoms with E-state index in [9.17, 15) is 4.79 Å². The van der Waals surface area contributed by atoms with Crippen LogP contribution in [0.15, 0.2) is 22.2 Å². The molecule has 1 amide bonds. The van der Waals surface area contributed by atoms with Crippen molar-refractivity contribution < 1.29 is 4.79 Å². The first-order valence-electron chi connectivity index (χ1n) is 8.46. The quantitative estimate of drug-likeness (QED) is 0.879. The Bertz CT molecular complexity index is 953. The molecular formula is C17H21N7OS. The van der Waals surface area contributed by atoms with Gasteiger partial charge in [-0.2, -0.15) is 10.2 Å². The SMILES string of the molecule is Cc1nn(C)c(C)c1-c1cc(C(=O)NCC2=CSC3=NCCN23)n(C)n1. The summed E-state index contributed by atoms with van der Waals surface area (Å²) >= 11 is 1.61. The summed E-state index contributed by atoms with van der Waals surface area (Å²) in [6.07, 6.45) is 0. The smallest absolute Gasteiger partial charge is 0.269 e. The highest BCUT2D eigenvalue weighted by atomic mass is 32.2. The normalized spacial score (nSPS) is 15.9. The maximum absolute atomic E-state index is 12.7. The first-order valence-corrected chi connectivity index (χ1v) is 9.34. The monoisotopic (exact) mass is 371 g/mol. The van der Waals surface area contributed by atoms with Gasteiger partial charge in [0.15, 0.2) is 5.17 Å². The highest BCUT2D eigenvalue weighted by Crippen LogP contribution is 2.29. The Hall–Kier alpha value is -2.55. The van der Waals surface area contributed by atoms with Crippen LogP contribution < -0.4 is 5.32 Å². The molecule has 0 saturated heterocycles. The van der Waals surface area contributed by atoms with Gasteiger partial charge < -0.3 is 10.2 Å². The molecule has 136 valence electrons. The van der Waals surface area contributed by atoms with E-state index in [0.717, 1.165) is 46.6 Å². The fourth-order valence-electron chi connectivity index (χ4n) is 3.32. The van der Waals surface area contributed by atoms with E-state index in [4.69, 9.17) is 0 Å². The van der Waals surface area contributed by atoms with Crippen molar-refractivity contribution in [1.82, 2.24) is 29.8 Å². The number of aliphatic imine (C=N–C) groups is 1. The Kier molecular flexibility index (Phi) is 4.10. The van der Waals surface area contributed by atoms with Gasteiger partial charge in [-0.25, -0.2) is 0 Å². The number of thioether (sulfide) groups is 1. The van der Waals surface area contributed by atoms with Gasteiger partial charge in [-0.1, -0.05) is 11.8 Å². The zero-order chi connectivity index (χ0) is 18.4. The number of amides is 1. The zero-order valence-electron chi connectivity index (χ0n) is 15.3. The fourth-order valence-corrected chi connectivity index (χ4v) is 4.28. The van der Waals surface area contributed by atoms with Gasteiger partial charge in [-0.15, -0.1) is 0 Å². The van der Waals surface area contributed by atoms with E-state index in [0.29, 0.717) is 12.2 Å². The van der Waals surface area contributed by atoms with Crippen molar-refractivity contribution in [2.45, 2.75) is 13.8 Å². The average molecular weight is 371 g/mol. The molecule has 0 saturated carbocycles. The van der Waals surface area contributed by atoms with E-state index in [1.165, 1.54) is 0 Å². The maximum Gasteiger partial charge on any atom is 0.269 e. The third kappa shape index (κ3) is 2.72. The van der Waals surface area contributed by atoms with Crippen molar-refractivity contribution >= 4 is 22.8 Å². The van der Waals surface area contributed by atoms with Crippen LogP contribution in [-0.4, -0.2) is 55.2 Å². The predicted molar refractivity (Wildman–Crippen MR) is 102 cm³/mol. The molecule has 0 atom stereocenters. The Morgan fingerprint density at radius 1 is 1.27 bits per heavy atom. The zero-order valence-corrected chi connectivity index (χ0v) is 16.1. The molecule has 2 aliphatic heterocycles. The van der Waals surface area contributed by atoms with Crippen molar-refractivity contribution in [3.05, 3.63) is 34.3 Å². The van der Waals surface area contributed by atoms with E-state index < -0.39 is 0 Å². The first-order chi connectivity index (χ1) is 12.5. The summed E-state index contributed by atoms with van der Waals surface area (Å²) in [5, 5.41) is 15.0. The van der Waals surface area contributed by atoms with E-state index in [1.807, 2.05) is 31.6 Å². The molecule has 4 heterocycles. The van der Waals surface area contributed by atoms with Gasteiger partial charge in [0.1, 0.15) is 5.69 Å². The van der Waals surface area contributed by atoms with E-state index in [2.05, 4.69) is 30.8 Å². The van der Waals surface area contributed by atoms with Crippen molar-refractivity contribution in [1.29, 1.82) is 0 Å². The van der Waals surface area contributed by atoms with Gasteiger partial charge in [-0.05, 0) is 19.9 Å². The molecule has 2 aliphatic rings. The molecule has 26 heavy (non-hydrogen) atoms. The molecule has 0 spiro atoms. The number of rotatable bonds is 4. The molecule has 9 heteroatoms. The summed E-state index contributed by atoms with van der Waals surface area (Å²) in [6, 6.07) is 1.83. The van der Waals surface area contributed by atoms with Crippen LogP contribution in [-0.2, 0) is 14.1 Å². The number of fused-ring (bicyclic) bond motifs is 1. The van der Waals surface area contributed by atoms with Crippen LogP contribution in [0.3, 0.4) is 0 Å². The lowest BCUT2D eigenvalue weighted by Gasteiger charge is -2.16. The number of carbonyl (C=O) groups is 1. The summed E-state index contributed by atoms with van der Waals surface area (Å²) in [6.45, 7) is 6.15. The molecular weight excluding hydrogens is 350 g/mol. The van der Waals surface area contributed by atoms with Crippen molar-refractivity contribution in [2.75, 3.05) is 19.6 Å². The van der Waals surface area contributed by atoms with Gasteiger partial charge in [0.25, 0.3) is 5.91 Å². The second-order valence-electron chi connectivity index (χ2n) is 6.43. The minimum atomic E-state index is -0.138. The molecule has 8 nitrogen and oxygen atoms in total. The topological polar surface area (TPSA) is 80.3 Å². The van der Waals surface area contributed by atoms with Gasteiger partial charge in [-0.3, -0.25) is 19.2 Å². The largest absolute Gasteiger partial charge is 0.345 e. The molecule has 4 rings (SSSR count). The van der Waals surface area contributed by atoms with Crippen molar-refractivity contribution in [3.8, 4) is 11.3 Å². The summed E-state index contributed by atoms with van der Waals surface area (Å²) in [5.74, 6) is -0.138. The molecule has 0 fully saturated rings. The molecule has 0 radical (unpaired) electrons. The molecule has 0 aliphatic carbocycles. The van der Waals surface area contributed by atoms with Gasteiger partial charge in [0, 0.05) is 43.0 Å². The Morgan fingerprint density at radius 3 is 2.81 bits per heavy atom. The van der Waals surface area contributed by atoms with Crippen LogP contribution >= 0.6 is 11.8 Å². The Balaban J connectivity index is 1.50. The number of amidine groups is 1. The Labute approximate surface area is 156 Å². The summed E-state index contributed by atoms with van der Waals surface area (Å²) < 4.78 is 3.45. The highest BCUT2D eigenvalue weighted by Gasteiger charge is 2.26. The number of hydrogen-bond donors (Lipinski definition) is 1. The summed E-state index contributed by atoms with van der Waals surface area (Å²) in [4.78, 5) is 19.2. The van der Waals surface area contributed by atoms with Crippen LogP contribution in [0.4, 0.5) is 0 Å². The number of nitrogens with zero attached hydrogens (tertiary/aromatic N) is 6. The second kappa shape index (κ2) is 6.31. The van der Waals surface area contributed by atoms with Crippen molar-refractivity contribution in [2.24, 2.45) is 19.1 Å². The van der Waals surface area contributed by atoms with Gasteiger partial charge in [0.2, 0.25) is 0 Å². The van der Waals surface area contributed by atoms with E-state index in [1.54, 1.807) is 23.5 Å². The van der Waals surface area contributed by atoms with Gasteiger partial charge >= 0.3 is 0 Å². The third-order valence-corrected chi connectivity index (χ3v) is 5.71. The molecule has 0 unspecified atom stereocenters. The number of aryl methyl sites for hydroxylation is 3. The molecule has 0 aromatic carbocycles. The lowest BCUT2D eigenvalue weighted by atomic mass is 10.1. The number of nitrogens with one attached hydrogen (secondary N) is 1. The highest BCUT2D eigenvalue weighted by molar-refractivity contribution is 8.16. The maximum atomic E-state index is 12.7. The fraction of sp³-hybridized carbons (Fsp3) is 0.412. The van der Waals surface area contributed by atoms with E-state index >= 15 is 0 Å². The minimum absolute atomic E-state index is 0.138. The van der Waals surface area contributed by atoms with Crippen LogP contribution in [0.2, 0.25) is 0 Å². The summed E-state index contributed by atoms with van der Waals surface area (Å²) in [5.41, 5.74) is 5.30. The van der Waals surface area contributed by atoms with Crippen LogP contribution in [0.5, 0.6) is 0 Å². The number of hydrogen-bond acceptors (Lipinski definition) is 6. The van der Waals surface area contributed by atoms with E-state index in [-0.39, 0.29) is 5.91 Å². The molecule has 2 aromatic heterocycles. The van der Waals surface area contributed by atoms with Crippen LogP contribution in [0.1, 0.15) is 21.9 Å².